The molecule has 0 aliphatic heterocycles. The molecule has 0 fully saturated rings. The Balaban J connectivity index is 2.31. The molecule has 0 unspecified atom stereocenters. The number of hydrogen-bond acceptors (Lipinski definition) is 3. The Bertz CT molecular complexity index is 422. The molecule has 0 aliphatic rings. The van der Waals surface area contributed by atoms with Crippen LogP contribution in [0.15, 0.2) is 28.9 Å². The lowest BCUT2D eigenvalue weighted by Crippen LogP contribution is -2.09. The third kappa shape index (κ3) is 1.51. The topological polar surface area (TPSA) is 55.1 Å². The van der Waals surface area contributed by atoms with Gasteiger partial charge in [-0.2, -0.15) is 0 Å². The zero-order chi connectivity index (χ0) is 9.10. The fourth-order valence-electron chi connectivity index (χ4n) is 1.17. The van der Waals surface area contributed by atoms with Gasteiger partial charge < -0.3 is 9.84 Å². The van der Waals surface area contributed by atoms with E-state index in [-0.39, 0.29) is 0 Å². The molecule has 13 heavy (non-hydrogen) atoms. The smallest absolute Gasteiger partial charge is 0.309 e. The third-order valence-corrected chi connectivity index (χ3v) is 1.78. The van der Waals surface area contributed by atoms with Gasteiger partial charge in [-0.15, -0.1) is 0 Å². The summed E-state index contributed by atoms with van der Waals surface area (Å²) in [7, 11) is 0. The Morgan fingerprint density at radius 2 is 2.46 bits per heavy atom. The zero-order valence-corrected chi connectivity index (χ0v) is 6.78. The molecule has 2 rings (SSSR count). The van der Waals surface area contributed by atoms with Gasteiger partial charge in [0.1, 0.15) is 0 Å². The van der Waals surface area contributed by atoms with E-state index in [9.17, 15) is 4.79 Å². The van der Waals surface area contributed by atoms with Crippen LogP contribution < -0.4 is 5.32 Å². The molecule has 2 aromatic rings. The summed E-state index contributed by atoms with van der Waals surface area (Å²) in [4.78, 5) is 9.92. The van der Waals surface area contributed by atoms with Gasteiger partial charge in [-0.3, -0.25) is 4.79 Å². The van der Waals surface area contributed by atoms with E-state index in [1.54, 1.807) is 12.6 Å². The third-order valence-electron chi connectivity index (χ3n) is 1.78. The first kappa shape index (κ1) is 7.79. The molecule has 65 valence electrons. The molecule has 0 bridgehead atoms. The molecule has 0 aliphatic carbocycles. The van der Waals surface area contributed by atoms with Crippen LogP contribution >= 0.6 is 0 Å². The highest BCUT2D eigenvalue weighted by atomic mass is 16.5. The van der Waals surface area contributed by atoms with Crippen molar-refractivity contribution in [1.82, 2.24) is 10.5 Å². The predicted molar refractivity (Wildman–Crippen MR) is 46.5 cm³/mol. The van der Waals surface area contributed by atoms with E-state index < -0.39 is 0 Å². The summed E-state index contributed by atoms with van der Waals surface area (Å²) in [6.45, 7) is 0.477. The molecule has 1 N–H and O–H groups in total. The molecule has 1 radical (unpaired) electrons. The second kappa shape index (κ2) is 3.26. The van der Waals surface area contributed by atoms with Crippen LogP contribution in [-0.4, -0.2) is 11.6 Å². The number of nitrogens with one attached hydrogen (secondary N) is 1. The van der Waals surface area contributed by atoms with Gasteiger partial charge in [0.2, 0.25) is 0 Å². The summed E-state index contributed by atoms with van der Waals surface area (Å²) >= 11 is 0. The van der Waals surface area contributed by atoms with Crippen molar-refractivity contribution in [3.05, 3.63) is 30.0 Å². The number of aromatic nitrogens is 1. The number of hydrogen-bond donors (Lipinski definition) is 1. The molecule has 4 nitrogen and oxygen atoms in total. The molecule has 1 aromatic carbocycles. The largest absolute Gasteiger partial charge is 0.356 e. The number of fused-ring (bicyclic) bond motifs is 1. The second-order valence-corrected chi connectivity index (χ2v) is 2.65. The molecule has 1 amide bonds. The van der Waals surface area contributed by atoms with Crippen LogP contribution in [0.1, 0.15) is 5.56 Å². The van der Waals surface area contributed by atoms with Crippen molar-refractivity contribution in [3.8, 4) is 0 Å². The molecular weight excluding hydrogens is 168 g/mol. The van der Waals surface area contributed by atoms with Crippen molar-refractivity contribution in [1.29, 1.82) is 0 Å². The lowest BCUT2D eigenvalue weighted by molar-refractivity contribution is 0.456. The van der Waals surface area contributed by atoms with E-state index in [0.717, 1.165) is 16.5 Å². The molecule has 0 saturated carbocycles. The highest BCUT2D eigenvalue weighted by molar-refractivity contribution is 5.76. The number of nitrogens with zero attached hydrogens (tertiary/aromatic N) is 1. The van der Waals surface area contributed by atoms with Crippen LogP contribution in [0, 0.1) is 0 Å². The van der Waals surface area contributed by atoms with E-state index >= 15 is 0 Å². The van der Waals surface area contributed by atoms with Gasteiger partial charge >= 0.3 is 6.41 Å². The van der Waals surface area contributed by atoms with Crippen LogP contribution in [0.5, 0.6) is 0 Å². The minimum atomic E-state index is 0.477. The molecule has 0 spiro atoms. The quantitative estimate of drug-likeness (QED) is 0.707. The first-order chi connectivity index (χ1) is 6.40. The van der Waals surface area contributed by atoms with E-state index in [2.05, 4.69) is 10.5 Å². The lowest BCUT2D eigenvalue weighted by Gasteiger charge is -1.97. The maximum Gasteiger partial charge on any atom is 0.309 e. The van der Waals surface area contributed by atoms with Gasteiger partial charge in [0.15, 0.2) is 5.58 Å². The maximum atomic E-state index is 9.92. The second-order valence-electron chi connectivity index (χ2n) is 2.65. The van der Waals surface area contributed by atoms with Crippen molar-refractivity contribution < 1.29 is 9.32 Å². The molecule has 1 aromatic heterocycles. The van der Waals surface area contributed by atoms with Gasteiger partial charge in [0, 0.05) is 11.9 Å². The summed E-state index contributed by atoms with van der Waals surface area (Å²) in [6.07, 6.45) is 3.26. The molecule has 1 heterocycles. The molecule has 4 heteroatoms. The van der Waals surface area contributed by atoms with Gasteiger partial charge in [0.05, 0.1) is 6.20 Å². The predicted octanol–water partition coefficient (Wildman–Crippen LogP) is 0.985. The Hall–Kier alpha value is -1.84. The van der Waals surface area contributed by atoms with Crippen molar-refractivity contribution in [3.63, 3.8) is 0 Å². The number of amides is 1. The summed E-state index contributed by atoms with van der Waals surface area (Å²) < 4.78 is 4.93. The SMILES string of the molecule is O=[C]NCc1ccc2oncc2c1. The summed E-state index contributed by atoms with van der Waals surface area (Å²) in [5.41, 5.74) is 1.75. The summed E-state index contributed by atoms with van der Waals surface area (Å²) in [5.74, 6) is 0. The van der Waals surface area contributed by atoms with Crippen molar-refractivity contribution >= 4 is 17.4 Å². The van der Waals surface area contributed by atoms with Crippen molar-refractivity contribution in [2.45, 2.75) is 6.54 Å². The van der Waals surface area contributed by atoms with E-state index in [0.29, 0.717) is 6.54 Å². The van der Waals surface area contributed by atoms with Gasteiger partial charge in [-0.05, 0) is 17.7 Å². The number of benzene rings is 1. The first-order valence-electron chi connectivity index (χ1n) is 3.83. The Morgan fingerprint density at radius 1 is 1.54 bits per heavy atom. The highest BCUT2D eigenvalue weighted by Crippen LogP contribution is 2.14. The number of rotatable bonds is 3. The van der Waals surface area contributed by atoms with Crippen LogP contribution in [0.3, 0.4) is 0 Å². The minimum absolute atomic E-state index is 0.477. The Morgan fingerprint density at radius 3 is 3.31 bits per heavy atom. The van der Waals surface area contributed by atoms with Crippen LogP contribution in [0.4, 0.5) is 0 Å². The summed E-state index contributed by atoms with van der Waals surface area (Å²) in [6, 6.07) is 5.61. The van der Waals surface area contributed by atoms with Gasteiger partial charge in [-0.25, -0.2) is 0 Å². The first-order valence-corrected chi connectivity index (χ1v) is 3.83. The Labute approximate surface area is 74.5 Å². The average Bonchev–Trinajstić information content (AvgIpc) is 2.61. The van der Waals surface area contributed by atoms with E-state index in [4.69, 9.17) is 4.52 Å². The monoisotopic (exact) mass is 175 g/mol. The fraction of sp³-hybridized carbons (Fsp3) is 0.111. The Kier molecular flexibility index (Phi) is 1.96. The molecule has 0 saturated heterocycles. The summed E-state index contributed by atoms with van der Waals surface area (Å²) in [5, 5.41) is 7.05. The van der Waals surface area contributed by atoms with Crippen molar-refractivity contribution in [2.75, 3.05) is 0 Å². The minimum Gasteiger partial charge on any atom is -0.356 e. The van der Waals surface area contributed by atoms with E-state index in [1.165, 1.54) is 0 Å². The standard InChI is InChI=1S/C9H7N2O2/c12-6-10-4-7-1-2-9-8(3-7)5-11-13-9/h1-3,5H,4H2,(H,10,12). The fourth-order valence-corrected chi connectivity index (χ4v) is 1.17. The molecular formula is C9H7N2O2. The highest BCUT2D eigenvalue weighted by Gasteiger charge is 1.98. The molecule has 0 atom stereocenters. The van der Waals surface area contributed by atoms with Crippen molar-refractivity contribution in [2.24, 2.45) is 0 Å². The zero-order valence-electron chi connectivity index (χ0n) is 6.78. The van der Waals surface area contributed by atoms with Gasteiger partial charge in [0.25, 0.3) is 0 Å². The van der Waals surface area contributed by atoms with Gasteiger partial charge in [-0.1, -0.05) is 11.2 Å². The van der Waals surface area contributed by atoms with Crippen LogP contribution in [0.2, 0.25) is 0 Å². The average molecular weight is 175 g/mol. The number of carbonyl (C=O) groups excluding carboxylic acids is 1. The van der Waals surface area contributed by atoms with E-state index in [1.807, 2.05) is 18.2 Å². The van der Waals surface area contributed by atoms with Crippen LogP contribution in [0.25, 0.3) is 11.0 Å². The van der Waals surface area contributed by atoms with Crippen LogP contribution in [-0.2, 0) is 11.3 Å². The maximum absolute atomic E-state index is 9.92. The lowest BCUT2D eigenvalue weighted by atomic mass is 10.2. The normalized spacial score (nSPS) is 10.2.